The van der Waals surface area contributed by atoms with Crippen LogP contribution in [0.1, 0.15) is 11.1 Å². The van der Waals surface area contributed by atoms with Crippen molar-refractivity contribution in [3.8, 4) is 6.07 Å². The van der Waals surface area contributed by atoms with Crippen LogP contribution in [-0.4, -0.2) is 8.42 Å². The van der Waals surface area contributed by atoms with E-state index in [2.05, 4.69) is 0 Å². The maximum absolute atomic E-state index is 14.2. The van der Waals surface area contributed by atoms with E-state index in [0.29, 0.717) is 5.69 Å². The fourth-order valence-electron chi connectivity index (χ4n) is 2.68. The Morgan fingerprint density at radius 2 is 1.87 bits per heavy atom. The molecule has 4 nitrogen and oxygen atoms in total. The van der Waals surface area contributed by atoms with Gasteiger partial charge in [0, 0.05) is 11.9 Å². The van der Waals surface area contributed by atoms with Gasteiger partial charge in [0.1, 0.15) is 16.8 Å². The van der Waals surface area contributed by atoms with E-state index in [-0.39, 0.29) is 5.69 Å². The minimum Gasteiger partial charge on any atom is -0.313 e. The number of allylic oxidation sites excluding steroid dienone is 1. The zero-order chi connectivity index (χ0) is 16.8. The highest BCUT2D eigenvalue weighted by atomic mass is 32.2. The predicted octanol–water partition coefficient (Wildman–Crippen LogP) is 3.73. The Bertz CT molecular complexity index is 988. The molecule has 0 aromatic heterocycles. The van der Waals surface area contributed by atoms with Gasteiger partial charge in [-0.15, -0.1) is 0 Å². The molecule has 0 unspecified atom stereocenters. The molecule has 0 spiro atoms. The molecular weight excluding hydrogens is 315 g/mol. The third kappa shape index (κ3) is 2.30. The number of hydrogen-bond donors (Lipinski definition) is 0. The van der Waals surface area contributed by atoms with Crippen molar-refractivity contribution in [3.05, 3.63) is 64.4 Å². The summed E-state index contributed by atoms with van der Waals surface area (Å²) in [6.45, 7) is 3.83. The standard InChI is InChI=1S/C17H13FN2O2S/c1-11-6-7-15(12(2)8-11)20-10-13(9-19)23(21,22)17-14(18)4-3-5-16(17)20/h3-8,10H,1-2H3. The van der Waals surface area contributed by atoms with Crippen molar-refractivity contribution in [3.63, 3.8) is 0 Å². The molecule has 0 aliphatic carbocycles. The van der Waals surface area contributed by atoms with Gasteiger partial charge in [-0.3, -0.25) is 0 Å². The SMILES string of the molecule is Cc1ccc(N2C=C(C#N)S(=O)(=O)c3c(F)cccc32)c(C)c1. The second-order valence-corrected chi connectivity index (χ2v) is 7.21. The van der Waals surface area contributed by atoms with Gasteiger partial charge in [0.25, 0.3) is 0 Å². The van der Waals surface area contributed by atoms with Gasteiger partial charge in [0.05, 0.1) is 5.69 Å². The van der Waals surface area contributed by atoms with Crippen LogP contribution in [0, 0.1) is 31.0 Å². The Kier molecular flexibility index (Phi) is 3.46. The number of nitrogens with zero attached hydrogens (tertiary/aromatic N) is 2. The second-order valence-electron chi connectivity index (χ2n) is 5.36. The average Bonchev–Trinajstić information content (AvgIpc) is 2.48. The van der Waals surface area contributed by atoms with Crippen LogP contribution >= 0.6 is 0 Å². The van der Waals surface area contributed by atoms with E-state index in [9.17, 15) is 18.1 Å². The van der Waals surface area contributed by atoms with Crippen LogP contribution in [0.5, 0.6) is 0 Å². The maximum atomic E-state index is 14.2. The number of hydrogen-bond acceptors (Lipinski definition) is 4. The summed E-state index contributed by atoms with van der Waals surface area (Å²) in [5.41, 5.74) is 2.86. The smallest absolute Gasteiger partial charge is 0.223 e. The number of aryl methyl sites for hydroxylation is 2. The zero-order valence-electron chi connectivity index (χ0n) is 12.5. The van der Waals surface area contributed by atoms with E-state index in [4.69, 9.17) is 0 Å². The first kappa shape index (κ1) is 15.3. The van der Waals surface area contributed by atoms with Crippen LogP contribution < -0.4 is 4.90 Å². The maximum Gasteiger partial charge on any atom is 0.223 e. The number of sulfone groups is 1. The Morgan fingerprint density at radius 3 is 2.52 bits per heavy atom. The van der Waals surface area contributed by atoms with Gasteiger partial charge in [-0.1, -0.05) is 23.8 Å². The number of fused-ring (bicyclic) bond motifs is 1. The Labute approximate surface area is 134 Å². The topological polar surface area (TPSA) is 61.2 Å². The fourth-order valence-corrected chi connectivity index (χ4v) is 4.03. The van der Waals surface area contributed by atoms with E-state index < -0.39 is 25.5 Å². The number of benzene rings is 2. The van der Waals surface area contributed by atoms with E-state index in [1.54, 1.807) is 11.0 Å². The molecule has 1 aliphatic rings. The molecule has 2 aromatic carbocycles. The molecule has 0 bridgehead atoms. The zero-order valence-corrected chi connectivity index (χ0v) is 13.4. The summed E-state index contributed by atoms with van der Waals surface area (Å²) in [7, 11) is -4.14. The molecule has 0 N–H and O–H groups in total. The molecule has 0 saturated carbocycles. The summed E-state index contributed by atoms with van der Waals surface area (Å²) >= 11 is 0. The molecule has 0 saturated heterocycles. The van der Waals surface area contributed by atoms with Crippen molar-refractivity contribution in [1.82, 2.24) is 0 Å². The number of nitriles is 1. The minimum atomic E-state index is -4.14. The first-order chi connectivity index (χ1) is 10.9. The van der Waals surface area contributed by atoms with Gasteiger partial charge in [0.2, 0.25) is 9.84 Å². The summed E-state index contributed by atoms with van der Waals surface area (Å²) in [5, 5.41) is 9.17. The van der Waals surface area contributed by atoms with Crippen LogP contribution in [0.4, 0.5) is 15.8 Å². The molecule has 23 heavy (non-hydrogen) atoms. The quantitative estimate of drug-likeness (QED) is 0.800. The largest absolute Gasteiger partial charge is 0.313 e. The van der Waals surface area contributed by atoms with Crippen molar-refractivity contribution in [2.24, 2.45) is 0 Å². The Balaban J connectivity index is 2.35. The van der Waals surface area contributed by atoms with Crippen LogP contribution in [0.25, 0.3) is 0 Å². The highest BCUT2D eigenvalue weighted by molar-refractivity contribution is 7.95. The van der Waals surface area contributed by atoms with Gasteiger partial charge in [0.15, 0.2) is 4.91 Å². The van der Waals surface area contributed by atoms with Crippen molar-refractivity contribution in [2.45, 2.75) is 18.7 Å². The van der Waals surface area contributed by atoms with Gasteiger partial charge in [-0.2, -0.15) is 5.26 Å². The highest BCUT2D eigenvalue weighted by Crippen LogP contribution is 2.41. The van der Waals surface area contributed by atoms with Gasteiger partial charge in [-0.25, -0.2) is 12.8 Å². The highest BCUT2D eigenvalue weighted by Gasteiger charge is 2.35. The van der Waals surface area contributed by atoms with Crippen molar-refractivity contribution < 1.29 is 12.8 Å². The van der Waals surface area contributed by atoms with Gasteiger partial charge in [-0.05, 0) is 37.6 Å². The molecule has 6 heteroatoms. The minimum absolute atomic E-state index is 0.205. The summed E-state index contributed by atoms with van der Waals surface area (Å²) in [6, 6.07) is 11.4. The number of halogens is 1. The van der Waals surface area contributed by atoms with Crippen LogP contribution in [-0.2, 0) is 9.84 Å². The molecule has 0 radical (unpaired) electrons. The van der Waals surface area contributed by atoms with Gasteiger partial charge >= 0.3 is 0 Å². The average molecular weight is 328 g/mol. The van der Waals surface area contributed by atoms with Gasteiger partial charge < -0.3 is 4.90 Å². The molecule has 3 rings (SSSR count). The molecule has 2 aromatic rings. The van der Waals surface area contributed by atoms with E-state index >= 15 is 0 Å². The lowest BCUT2D eigenvalue weighted by Crippen LogP contribution is -2.23. The molecule has 1 aliphatic heterocycles. The van der Waals surface area contributed by atoms with Crippen LogP contribution in [0.3, 0.4) is 0 Å². The van der Waals surface area contributed by atoms with E-state index in [0.717, 1.165) is 17.2 Å². The van der Waals surface area contributed by atoms with Crippen LogP contribution in [0.2, 0.25) is 0 Å². The molecule has 116 valence electrons. The summed E-state index contributed by atoms with van der Waals surface area (Å²) in [6.07, 6.45) is 1.24. The number of rotatable bonds is 1. The summed E-state index contributed by atoms with van der Waals surface area (Å²) in [4.78, 5) is 0.612. The Morgan fingerprint density at radius 1 is 1.13 bits per heavy atom. The molecule has 0 atom stereocenters. The van der Waals surface area contributed by atoms with Crippen molar-refractivity contribution in [2.75, 3.05) is 4.90 Å². The number of anilines is 2. The normalized spacial score (nSPS) is 15.6. The summed E-state index contributed by atoms with van der Waals surface area (Å²) < 4.78 is 39.0. The van der Waals surface area contributed by atoms with E-state index in [1.807, 2.05) is 32.0 Å². The predicted molar refractivity (Wildman–Crippen MR) is 85.3 cm³/mol. The van der Waals surface area contributed by atoms with Crippen molar-refractivity contribution in [1.29, 1.82) is 5.26 Å². The molecule has 0 amide bonds. The lowest BCUT2D eigenvalue weighted by Gasteiger charge is -2.29. The molecule has 0 fully saturated rings. The Hall–Kier alpha value is -2.65. The van der Waals surface area contributed by atoms with E-state index in [1.165, 1.54) is 18.3 Å². The second kappa shape index (κ2) is 5.21. The lowest BCUT2D eigenvalue weighted by atomic mass is 10.1. The third-order valence-electron chi connectivity index (χ3n) is 3.73. The first-order valence-electron chi connectivity index (χ1n) is 6.88. The first-order valence-corrected chi connectivity index (χ1v) is 8.36. The molecule has 1 heterocycles. The van der Waals surface area contributed by atoms with Crippen LogP contribution in [0.15, 0.2) is 52.4 Å². The fraction of sp³-hybridized carbons (Fsp3) is 0.118. The monoisotopic (exact) mass is 328 g/mol. The lowest BCUT2D eigenvalue weighted by molar-refractivity contribution is 0.570. The third-order valence-corrected chi connectivity index (χ3v) is 5.45. The molecular formula is C17H13FN2O2S. The van der Waals surface area contributed by atoms with Crippen molar-refractivity contribution >= 4 is 21.2 Å². The summed E-state index contributed by atoms with van der Waals surface area (Å²) in [5.74, 6) is -0.863.